The zero-order valence-corrected chi connectivity index (χ0v) is 41.7. The number of benzene rings is 1. The van der Waals surface area contributed by atoms with Gasteiger partial charge in [-0.05, 0) is 65.0 Å². The standard InChI is InChI=1S/C48H75N5O9S2/c1-13-32(6)43(38(60-11)29-40(55)53-25-19-22-36(53)45(61-12)34(8)37(54)28-33(7)44(56)35-20-15-14-16-21-35)51(9)47(58)41(30(2)3)50-46(57)42(31(4)5)52(10)48(59)62-26-27-63-64-39-23-17-18-24-49-39/h14-18,20-21,23-24,30-34,36,38,41-45,56H,13,19,22,25-29H2,1-12H3,(H,50,57)/t32-,33-,34-,36-,38+,41-,42-,43-,44+,45+/m0/s1. The summed E-state index contributed by atoms with van der Waals surface area (Å²) in [5.41, 5.74) is 0.756. The van der Waals surface area contributed by atoms with Gasteiger partial charge in [-0.2, -0.15) is 0 Å². The molecule has 0 radical (unpaired) electrons. The van der Waals surface area contributed by atoms with Crippen molar-refractivity contribution in [1.82, 2.24) is 25.0 Å². The molecule has 2 heterocycles. The summed E-state index contributed by atoms with van der Waals surface area (Å²) in [6, 6.07) is 12.2. The van der Waals surface area contributed by atoms with Crippen LogP contribution in [0.3, 0.4) is 0 Å². The SMILES string of the molecule is CC[C@H](C)[C@@H]([C@@H](CC(=O)N1CCC[C@H]1[C@H](OC)[C@@H](C)C(=O)C[C@H](C)[C@@H](O)c1ccccc1)OC)N(C)C(=O)[C@@H](NC(=O)[C@H](C(C)C)N(C)C(=O)OCCSSc1ccccn1)C(C)C. The van der Waals surface area contributed by atoms with Crippen molar-refractivity contribution in [3.8, 4) is 0 Å². The number of rotatable bonds is 26. The fraction of sp³-hybridized carbons (Fsp3) is 0.667. The van der Waals surface area contributed by atoms with Crippen LogP contribution in [-0.4, -0.2) is 138 Å². The maximum Gasteiger partial charge on any atom is 0.410 e. The van der Waals surface area contributed by atoms with Crippen LogP contribution in [0.25, 0.3) is 0 Å². The van der Waals surface area contributed by atoms with E-state index >= 15 is 0 Å². The molecule has 2 N–H and O–H groups in total. The van der Waals surface area contributed by atoms with Crippen molar-refractivity contribution in [2.24, 2.45) is 29.6 Å². The molecule has 1 aliphatic heterocycles. The van der Waals surface area contributed by atoms with Crippen molar-refractivity contribution in [1.29, 1.82) is 0 Å². The smallest absolute Gasteiger partial charge is 0.410 e. The molecule has 3 rings (SSSR count). The largest absolute Gasteiger partial charge is 0.448 e. The molecule has 1 aliphatic rings. The van der Waals surface area contributed by atoms with Gasteiger partial charge in [-0.15, -0.1) is 0 Å². The van der Waals surface area contributed by atoms with E-state index in [2.05, 4.69) is 10.3 Å². The Labute approximate surface area is 390 Å². The molecule has 0 spiro atoms. The van der Waals surface area contributed by atoms with Crippen molar-refractivity contribution >= 4 is 51.2 Å². The highest BCUT2D eigenvalue weighted by molar-refractivity contribution is 8.76. The Balaban J connectivity index is 1.71. The van der Waals surface area contributed by atoms with Gasteiger partial charge in [0.1, 0.15) is 29.5 Å². The van der Waals surface area contributed by atoms with Gasteiger partial charge in [-0.1, -0.05) is 109 Å². The number of nitrogens with one attached hydrogen (secondary N) is 1. The molecule has 1 fully saturated rings. The molecule has 358 valence electrons. The minimum atomic E-state index is -0.941. The number of ether oxygens (including phenoxy) is 3. The maximum atomic E-state index is 14.5. The van der Waals surface area contributed by atoms with E-state index in [9.17, 15) is 29.1 Å². The van der Waals surface area contributed by atoms with Crippen LogP contribution in [0.1, 0.15) is 99.2 Å². The predicted molar refractivity (Wildman–Crippen MR) is 253 cm³/mol. The fourth-order valence-electron chi connectivity index (χ4n) is 8.71. The van der Waals surface area contributed by atoms with Gasteiger partial charge in [0, 0.05) is 59.1 Å². The molecular formula is C48H75N5O9S2. The van der Waals surface area contributed by atoms with Crippen molar-refractivity contribution in [2.45, 2.75) is 135 Å². The number of aromatic nitrogens is 1. The average molecular weight is 930 g/mol. The summed E-state index contributed by atoms with van der Waals surface area (Å²) in [6.07, 6.45) is 1.29. The summed E-state index contributed by atoms with van der Waals surface area (Å²) in [5.74, 6) is -2.04. The van der Waals surface area contributed by atoms with Crippen molar-refractivity contribution in [2.75, 3.05) is 47.2 Å². The fourth-order valence-corrected chi connectivity index (χ4v) is 10.4. The molecule has 16 heteroatoms. The molecule has 0 bridgehead atoms. The Bertz CT molecular complexity index is 1760. The molecule has 1 aromatic carbocycles. The van der Waals surface area contributed by atoms with E-state index in [0.717, 1.165) is 17.0 Å². The third-order valence-corrected chi connectivity index (χ3v) is 14.8. The van der Waals surface area contributed by atoms with Gasteiger partial charge in [0.15, 0.2) is 0 Å². The highest BCUT2D eigenvalue weighted by atomic mass is 33.1. The summed E-state index contributed by atoms with van der Waals surface area (Å²) < 4.78 is 17.6. The first-order chi connectivity index (χ1) is 30.4. The minimum absolute atomic E-state index is 0.0138. The molecule has 64 heavy (non-hydrogen) atoms. The summed E-state index contributed by atoms with van der Waals surface area (Å²) in [7, 11) is 9.31. The molecule has 0 unspecified atom stereocenters. The number of pyridine rings is 1. The van der Waals surface area contributed by atoms with Crippen LogP contribution in [0.2, 0.25) is 0 Å². The van der Waals surface area contributed by atoms with Crippen molar-refractivity contribution < 1.29 is 43.3 Å². The molecule has 2 aromatic rings. The number of Topliss-reactive ketones (excluding diaryl/α,β-unsaturated/α-hetero) is 1. The topological polar surface area (TPSA) is 168 Å². The van der Waals surface area contributed by atoms with Crippen molar-refractivity contribution in [3.63, 3.8) is 0 Å². The Kier molecular flexibility index (Phi) is 23.1. The monoisotopic (exact) mass is 930 g/mol. The lowest BCUT2D eigenvalue weighted by molar-refractivity contribution is -0.148. The number of likely N-dealkylation sites (N-methyl/N-ethyl adjacent to an activating group) is 2. The number of ketones is 1. The number of aliphatic hydroxyl groups excluding tert-OH is 1. The van der Waals surface area contributed by atoms with Gasteiger partial charge in [-0.3, -0.25) is 24.1 Å². The van der Waals surface area contributed by atoms with Crippen LogP contribution in [0.5, 0.6) is 0 Å². The van der Waals surface area contributed by atoms with Crippen LogP contribution in [0.15, 0.2) is 59.8 Å². The van der Waals surface area contributed by atoms with Crippen LogP contribution in [0, 0.1) is 29.6 Å². The molecule has 1 saturated heterocycles. The third kappa shape index (κ3) is 15.2. The van der Waals surface area contributed by atoms with Gasteiger partial charge in [-0.25, -0.2) is 9.78 Å². The number of amides is 4. The van der Waals surface area contributed by atoms with E-state index in [0.29, 0.717) is 25.1 Å². The number of carbonyl (C=O) groups excluding carboxylic acids is 5. The molecule has 1 aromatic heterocycles. The third-order valence-electron chi connectivity index (χ3n) is 12.6. The van der Waals surface area contributed by atoms with E-state index in [1.807, 2.05) is 104 Å². The highest BCUT2D eigenvalue weighted by Gasteiger charge is 2.43. The number of hydrogen-bond donors (Lipinski definition) is 2. The van der Waals surface area contributed by atoms with Gasteiger partial charge in [0.25, 0.3) is 0 Å². The lowest BCUT2D eigenvalue weighted by Gasteiger charge is -2.41. The van der Waals surface area contributed by atoms with Gasteiger partial charge in [0.2, 0.25) is 17.7 Å². The number of carbonyl (C=O) groups is 5. The highest BCUT2D eigenvalue weighted by Crippen LogP contribution is 2.32. The normalized spacial score (nSPS) is 18.3. The Hall–Kier alpha value is -3.70. The first-order valence-electron chi connectivity index (χ1n) is 22.7. The lowest BCUT2D eigenvalue weighted by Crippen LogP contribution is -2.60. The summed E-state index contributed by atoms with van der Waals surface area (Å²) in [6.45, 7) is 15.7. The van der Waals surface area contributed by atoms with Crippen LogP contribution in [0.4, 0.5) is 4.79 Å². The zero-order valence-electron chi connectivity index (χ0n) is 40.1. The van der Waals surface area contributed by atoms with E-state index in [1.165, 1.54) is 33.5 Å². The van der Waals surface area contributed by atoms with Gasteiger partial charge < -0.3 is 34.4 Å². The zero-order chi connectivity index (χ0) is 47.7. The number of aliphatic hydroxyl groups is 1. The molecule has 0 saturated carbocycles. The number of hydrogen-bond acceptors (Lipinski definition) is 12. The second kappa shape index (κ2) is 27.1. The van der Waals surface area contributed by atoms with E-state index in [-0.39, 0.29) is 66.8 Å². The summed E-state index contributed by atoms with van der Waals surface area (Å²) in [5, 5.41) is 14.8. The van der Waals surface area contributed by atoms with Crippen LogP contribution < -0.4 is 5.32 Å². The van der Waals surface area contributed by atoms with E-state index in [4.69, 9.17) is 14.2 Å². The molecule has 10 atom stereocenters. The van der Waals surface area contributed by atoms with Crippen LogP contribution in [-0.2, 0) is 33.4 Å². The quantitative estimate of drug-likeness (QED) is 0.0715. The van der Waals surface area contributed by atoms with E-state index < -0.39 is 54.4 Å². The van der Waals surface area contributed by atoms with E-state index in [1.54, 1.807) is 37.3 Å². The second-order valence-corrected chi connectivity index (χ2v) is 20.2. The molecular weight excluding hydrogens is 855 g/mol. The number of nitrogens with zero attached hydrogens (tertiary/aromatic N) is 4. The Morgan fingerprint density at radius 2 is 1.56 bits per heavy atom. The van der Waals surface area contributed by atoms with Gasteiger partial charge >= 0.3 is 6.09 Å². The Morgan fingerprint density at radius 3 is 2.14 bits per heavy atom. The number of likely N-dealkylation sites (tertiary alicyclic amines) is 1. The molecule has 4 amide bonds. The first-order valence-corrected chi connectivity index (χ1v) is 25.0. The predicted octanol–water partition coefficient (Wildman–Crippen LogP) is 7.30. The maximum absolute atomic E-state index is 14.5. The molecule has 0 aliphatic carbocycles. The molecule has 14 nitrogen and oxygen atoms in total. The Morgan fingerprint density at radius 1 is 0.891 bits per heavy atom. The average Bonchev–Trinajstić information content (AvgIpc) is 3.77. The number of methoxy groups -OCH3 is 2. The second-order valence-electron chi connectivity index (χ2n) is 17.8. The lowest BCUT2D eigenvalue weighted by atomic mass is 9.85. The van der Waals surface area contributed by atoms with Gasteiger partial charge in [0.05, 0.1) is 36.8 Å². The first kappa shape index (κ1) is 54.6. The summed E-state index contributed by atoms with van der Waals surface area (Å²) >= 11 is 0. The van der Waals surface area contributed by atoms with Crippen LogP contribution >= 0.6 is 21.6 Å². The summed E-state index contributed by atoms with van der Waals surface area (Å²) in [4.78, 5) is 78.7. The minimum Gasteiger partial charge on any atom is -0.448 e. The van der Waals surface area contributed by atoms with Crippen molar-refractivity contribution in [3.05, 3.63) is 60.3 Å².